The van der Waals surface area contributed by atoms with Gasteiger partial charge in [-0.25, -0.2) is 0 Å². The van der Waals surface area contributed by atoms with Crippen molar-refractivity contribution >= 4 is 29.6 Å². The minimum atomic E-state index is -0.772. The molecular weight excluding hydrogens is 434 g/mol. The van der Waals surface area contributed by atoms with E-state index in [0.29, 0.717) is 16.5 Å². The molecule has 2 amide bonds. The highest BCUT2D eigenvalue weighted by molar-refractivity contribution is 6.30. The predicted molar refractivity (Wildman–Crippen MR) is 131 cm³/mol. The first-order chi connectivity index (χ1) is 15.8. The number of hydrazine groups is 1. The fraction of sp³-hybridized carbons (Fsp3) is 0.222. The maximum atomic E-state index is 13.0. The Balaban J connectivity index is 1.68. The Morgan fingerprint density at radius 3 is 2.24 bits per heavy atom. The zero-order valence-corrected chi connectivity index (χ0v) is 19.6. The molecule has 3 aromatic rings. The second kappa shape index (κ2) is 9.59. The molecule has 0 unspecified atom stereocenters. The number of aryl methyl sites for hydroxylation is 1. The highest BCUT2D eigenvalue weighted by atomic mass is 35.5. The lowest BCUT2D eigenvalue weighted by molar-refractivity contribution is -0.596. The zero-order chi connectivity index (χ0) is 23.5. The molecule has 0 radical (unpaired) electrons. The number of carbonyl (C=O) groups excluding carboxylic acids is 2. The van der Waals surface area contributed by atoms with Gasteiger partial charge in [0.05, 0.1) is 0 Å². The van der Waals surface area contributed by atoms with E-state index in [1.165, 1.54) is 5.56 Å². The molecule has 1 aliphatic rings. The number of rotatable bonds is 5. The van der Waals surface area contributed by atoms with E-state index in [1.807, 2.05) is 49.5 Å². The topological polar surface area (TPSA) is 61.2 Å². The fourth-order valence-corrected chi connectivity index (χ4v) is 4.02. The maximum Gasteiger partial charge on any atom is 0.304 e. The van der Waals surface area contributed by atoms with Gasteiger partial charge in [-0.15, -0.1) is 10.1 Å². The lowest BCUT2D eigenvalue weighted by atomic mass is 9.99. The van der Waals surface area contributed by atoms with Crippen LogP contribution in [0.5, 0.6) is 0 Å². The summed E-state index contributed by atoms with van der Waals surface area (Å²) in [6, 6.07) is 21.6. The Kier molecular flexibility index (Phi) is 6.61. The van der Waals surface area contributed by atoms with Crippen LogP contribution in [0.4, 0.5) is 0 Å². The molecule has 1 heterocycles. The average Bonchev–Trinajstić information content (AvgIpc) is 3.09. The predicted octanol–water partition coefficient (Wildman–Crippen LogP) is 4.79. The van der Waals surface area contributed by atoms with Gasteiger partial charge in [0.2, 0.25) is 12.3 Å². The van der Waals surface area contributed by atoms with E-state index < -0.39 is 12.1 Å². The van der Waals surface area contributed by atoms with Crippen molar-refractivity contribution in [3.05, 3.63) is 106 Å². The van der Waals surface area contributed by atoms with E-state index in [4.69, 9.17) is 11.6 Å². The standard InChI is InChI=1S/C27H26ClN3O2/c1-17(2)20-10-6-19(7-11-20)16-31-25(21-12-14-23(28)15-13-21)24(27(33)30-31)29-26(32)22-8-4-18(3)5-9-22/h4-17,24-25H,1-3H3,(H-,29,30,32,33)/p+1/b31-16-/t24-,25-/m1/s1. The first-order valence-corrected chi connectivity index (χ1v) is 11.4. The first kappa shape index (κ1) is 22.7. The quantitative estimate of drug-likeness (QED) is 0.538. The maximum absolute atomic E-state index is 13.0. The molecule has 33 heavy (non-hydrogen) atoms. The third kappa shape index (κ3) is 5.15. The van der Waals surface area contributed by atoms with E-state index in [9.17, 15) is 9.59 Å². The molecule has 1 fully saturated rings. The SMILES string of the molecule is Cc1ccc(C(=O)N[C@H]2C(=O)N/[N+](=C\c3ccc(C(C)C)cc3)[C@@H]2c2ccc(Cl)cc2)cc1. The molecule has 1 aliphatic heterocycles. The number of halogens is 1. The number of nitrogens with zero attached hydrogens (tertiary/aromatic N) is 1. The minimum Gasteiger partial charge on any atom is -0.334 e. The molecule has 1 saturated heterocycles. The Hall–Kier alpha value is -3.44. The summed E-state index contributed by atoms with van der Waals surface area (Å²) in [5.41, 5.74) is 7.54. The van der Waals surface area contributed by atoms with Crippen LogP contribution >= 0.6 is 11.6 Å². The van der Waals surface area contributed by atoms with Gasteiger partial charge in [-0.2, -0.15) is 0 Å². The van der Waals surface area contributed by atoms with Crippen LogP contribution in [0, 0.1) is 6.92 Å². The second-order valence-electron chi connectivity index (χ2n) is 8.65. The molecule has 0 aliphatic carbocycles. The molecule has 3 aromatic carbocycles. The molecule has 2 atom stereocenters. The highest BCUT2D eigenvalue weighted by Crippen LogP contribution is 2.27. The molecule has 168 valence electrons. The van der Waals surface area contributed by atoms with Gasteiger partial charge >= 0.3 is 5.91 Å². The van der Waals surface area contributed by atoms with Gasteiger partial charge in [0, 0.05) is 21.7 Å². The van der Waals surface area contributed by atoms with Crippen molar-refractivity contribution in [1.29, 1.82) is 0 Å². The summed E-state index contributed by atoms with van der Waals surface area (Å²) in [4.78, 5) is 25.9. The molecule has 6 heteroatoms. The number of hydrogen-bond donors (Lipinski definition) is 2. The van der Waals surface area contributed by atoms with Gasteiger partial charge in [-0.1, -0.05) is 67.4 Å². The molecule has 0 spiro atoms. The third-order valence-corrected chi connectivity index (χ3v) is 6.09. The van der Waals surface area contributed by atoms with E-state index in [-0.39, 0.29) is 11.8 Å². The lowest BCUT2D eigenvalue weighted by Gasteiger charge is -2.15. The molecule has 4 rings (SSSR count). The summed E-state index contributed by atoms with van der Waals surface area (Å²) in [6.45, 7) is 6.26. The van der Waals surface area contributed by atoms with Crippen LogP contribution in [0.2, 0.25) is 5.02 Å². The number of hydrazone groups is 1. The average molecular weight is 461 g/mol. The van der Waals surface area contributed by atoms with Crippen molar-refractivity contribution in [2.24, 2.45) is 0 Å². The van der Waals surface area contributed by atoms with Crippen LogP contribution in [0.25, 0.3) is 0 Å². The summed E-state index contributed by atoms with van der Waals surface area (Å²) in [5.74, 6) is -0.128. The minimum absolute atomic E-state index is 0.273. The smallest absolute Gasteiger partial charge is 0.304 e. The van der Waals surface area contributed by atoms with Gasteiger partial charge in [-0.3, -0.25) is 9.59 Å². The van der Waals surface area contributed by atoms with Crippen molar-refractivity contribution in [1.82, 2.24) is 10.7 Å². The van der Waals surface area contributed by atoms with E-state index in [0.717, 1.165) is 16.7 Å². The van der Waals surface area contributed by atoms with Crippen LogP contribution in [-0.2, 0) is 4.79 Å². The van der Waals surface area contributed by atoms with E-state index in [2.05, 4.69) is 36.7 Å². The largest absolute Gasteiger partial charge is 0.334 e. The number of nitrogens with one attached hydrogen (secondary N) is 2. The summed E-state index contributed by atoms with van der Waals surface area (Å²) < 4.78 is 1.76. The summed E-state index contributed by atoms with van der Waals surface area (Å²) in [6.07, 6.45) is 1.89. The molecule has 0 aromatic heterocycles. The van der Waals surface area contributed by atoms with Crippen LogP contribution in [0.1, 0.15) is 58.4 Å². The van der Waals surface area contributed by atoms with Crippen LogP contribution in [0.15, 0.2) is 72.8 Å². The Bertz CT molecular complexity index is 1180. The molecule has 0 saturated carbocycles. The number of carbonyl (C=O) groups is 2. The summed E-state index contributed by atoms with van der Waals surface area (Å²) in [5, 5.41) is 3.53. The van der Waals surface area contributed by atoms with Crippen molar-refractivity contribution < 1.29 is 14.3 Å². The Morgan fingerprint density at radius 2 is 1.64 bits per heavy atom. The van der Waals surface area contributed by atoms with Crippen LogP contribution in [-0.4, -0.2) is 28.8 Å². The first-order valence-electron chi connectivity index (χ1n) is 11.0. The van der Waals surface area contributed by atoms with Crippen molar-refractivity contribution in [2.75, 3.05) is 0 Å². The normalized spacial score (nSPS) is 19.1. The van der Waals surface area contributed by atoms with Gasteiger partial charge in [0.1, 0.15) is 0 Å². The van der Waals surface area contributed by atoms with Crippen molar-refractivity contribution in [2.45, 2.75) is 38.8 Å². The highest BCUT2D eigenvalue weighted by Gasteiger charge is 2.47. The lowest BCUT2D eigenvalue weighted by Crippen LogP contribution is -2.42. The van der Waals surface area contributed by atoms with Gasteiger partial charge < -0.3 is 5.32 Å². The van der Waals surface area contributed by atoms with Gasteiger partial charge in [-0.05, 0) is 54.8 Å². The zero-order valence-electron chi connectivity index (χ0n) is 18.9. The Morgan fingerprint density at radius 1 is 1.00 bits per heavy atom. The number of benzene rings is 3. The summed E-state index contributed by atoms with van der Waals surface area (Å²) >= 11 is 6.09. The molecule has 2 N–H and O–H groups in total. The Labute approximate surface area is 199 Å². The summed E-state index contributed by atoms with van der Waals surface area (Å²) in [7, 11) is 0. The van der Waals surface area contributed by atoms with Crippen molar-refractivity contribution in [3.63, 3.8) is 0 Å². The van der Waals surface area contributed by atoms with Gasteiger partial charge in [0.25, 0.3) is 5.91 Å². The van der Waals surface area contributed by atoms with Crippen LogP contribution < -0.4 is 10.7 Å². The van der Waals surface area contributed by atoms with E-state index in [1.54, 1.807) is 28.9 Å². The number of hydrogen-bond acceptors (Lipinski definition) is 2. The monoisotopic (exact) mass is 460 g/mol. The number of amides is 2. The van der Waals surface area contributed by atoms with E-state index >= 15 is 0 Å². The van der Waals surface area contributed by atoms with Crippen molar-refractivity contribution in [3.8, 4) is 0 Å². The second-order valence-corrected chi connectivity index (χ2v) is 9.08. The van der Waals surface area contributed by atoms with Crippen LogP contribution in [0.3, 0.4) is 0 Å². The molecule has 0 bridgehead atoms. The molecule has 5 nitrogen and oxygen atoms in total. The van der Waals surface area contributed by atoms with Gasteiger partial charge in [0.15, 0.2) is 6.04 Å². The third-order valence-electron chi connectivity index (χ3n) is 5.84. The molecular formula is C27H27ClN3O2+. The fourth-order valence-electron chi connectivity index (χ4n) is 3.90.